The van der Waals surface area contributed by atoms with Crippen molar-refractivity contribution in [1.82, 2.24) is 4.90 Å². The molecule has 1 aliphatic heterocycles. The summed E-state index contributed by atoms with van der Waals surface area (Å²) in [6, 6.07) is 4.77. The molecule has 108 valence electrons. The SMILES string of the molecule is COc1cc(C(=N)N)ccc1NC(=O)N1CCOCC1. The minimum absolute atomic E-state index is 0.0469. The number of benzene rings is 1. The number of hydrogen-bond acceptors (Lipinski definition) is 4. The number of carbonyl (C=O) groups excluding carboxylic acids is 1. The van der Waals surface area contributed by atoms with Gasteiger partial charge in [-0.2, -0.15) is 0 Å². The van der Waals surface area contributed by atoms with E-state index >= 15 is 0 Å². The summed E-state index contributed by atoms with van der Waals surface area (Å²) in [6.07, 6.45) is 0. The largest absolute Gasteiger partial charge is 0.495 e. The molecular weight excluding hydrogens is 260 g/mol. The van der Waals surface area contributed by atoms with Crippen LogP contribution in [0.4, 0.5) is 10.5 Å². The molecule has 1 aromatic rings. The molecule has 20 heavy (non-hydrogen) atoms. The van der Waals surface area contributed by atoms with Gasteiger partial charge in [-0.05, 0) is 18.2 Å². The Kier molecular flexibility index (Phi) is 4.41. The Morgan fingerprint density at radius 3 is 2.75 bits per heavy atom. The van der Waals surface area contributed by atoms with Crippen LogP contribution in [0.3, 0.4) is 0 Å². The number of nitrogens with zero attached hydrogens (tertiary/aromatic N) is 1. The zero-order chi connectivity index (χ0) is 14.5. The number of nitrogens with two attached hydrogens (primary N) is 1. The Balaban J connectivity index is 2.11. The van der Waals surface area contributed by atoms with Crippen molar-refractivity contribution in [3.63, 3.8) is 0 Å². The van der Waals surface area contributed by atoms with E-state index < -0.39 is 0 Å². The van der Waals surface area contributed by atoms with E-state index in [0.29, 0.717) is 43.3 Å². The van der Waals surface area contributed by atoms with Crippen LogP contribution in [-0.4, -0.2) is 50.2 Å². The molecule has 0 radical (unpaired) electrons. The fraction of sp³-hybridized carbons (Fsp3) is 0.385. The van der Waals surface area contributed by atoms with E-state index in [1.165, 1.54) is 7.11 Å². The van der Waals surface area contributed by atoms with Crippen LogP contribution in [0.15, 0.2) is 18.2 Å². The van der Waals surface area contributed by atoms with Crippen molar-refractivity contribution in [3.8, 4) is 5.75 Å². The number of morpholine rings is 1. The summed E-state index contributed by atoms with van der Waals surface area (Å²) in [5.41, 5.74) is 6.52. The van der Waals surface area contributed by atoms with Crippen LogP contribution >= 0.6 is 0 Å². The van der Waals surface area contributed by atoms with Crippen LogP contribution in [0.1, 0.15) is 5.56 Å². The number of methoxy groups -OCH3 is 1. The topological polar surface area (TPSA) is 101 Å². The lowest BCUT2D eigenvalue weighted by Crippen LogP contribution is -2.43. The van der Waals surface area contributed by atoms with Crippen LogP contribution in [0.5, 0.6) is 5.75 Å². The lowest BCUT2D eigenvalue weighted by molar-refractivity contribution is 0.0564. The second-order valence-electron chi connectivity index (χ2n) is 4.36. The van der Waals surface area contributed by atoms with Crippen molar-refractivity contribution in [3.05, 3.63) is 23.8 Å². The highest BCUT2D eigenvalue weighted by Crippen LogP contribution is 2.25. The van der Waals surface area contributed by atoms with Gasteiger partial charge in [-0.25, -0.2) is 4.79 Å². The first-order chi connectivity index (χ1) is 9.61. The zero-order valence-corrected chi connectivity index (χ0v) is 11.3. The third-order valence-electron chi connectivity index (χ3n) is 3.05. The predicted octanol–water partition coefficient (Wildman–Crippen LogP) is 0.843. The number of urea groups is 1. The number of hydrogen-bond donors (Lipinski definition) is 3. The van der Waals surface area contributed by atoms with Crippen LogP contribution in [-0.2, 0) is 4.74 Å². The van der Waals surface area contributed by atoms with Crippen molar-refractivity contribution < 1.29 is 14.3 Å². The fourth-order valence-electron chi connectivity index (χ4n) is 1.92. The summed E-state index contributed by atoms with van der Waals surface area (Å²) in [7, 11) is 1.50. The summed E-state index contributed by atoms with van der Waals surface area (Å²) in [5.74, 6) is 0.425. The Morgan fingerprint density at radius 1 is 1.45 bits per heavy atom. The second kappa shape index (κ2) is 6.25. The highest BCUT2D eigenvalue weighted by atomic mass is 16.5. The number of amidine groups is 1. The van der Waals surface area contributed by atoms with Gasteiger partial charge in [0, 0.05) is 18.7 Å². The Labute approximate surface area is 117 Å². The summed E-state index contributed by atoms with van der Waals surface area (Å²) in [6.45, 7) is 2.24. The number of rotatable bonds is 3. The molecule has 0 spiro atoms. The van der Waals surface area contributed by atoms with E-state index in [1.807, 2.05) is 0 Å². The fourth-order valence-corrected chi connectivity index (χ4v) is 1.92. The minimum atomic E-state index is -0.192. The molecule has 7 heteroatoms. The van der Waals surface area contributed by atoms with Gasteiger partial charge in [0.05, 0.1) is 26.0 Å². The van der Waals surface area contributed by atoms with Gasteiger partial charge in [0.25, 0.3) is 0 Å². The third kappa shape index (κ3) is 3.18. The van der Waals surface area contributed by atoms with Gasteiger partial charge in [0.15, 0.2) is 0 Å². The highest BCUT2D eigenvalue weighted by molar-refractivity contribution is 5.97. The summed E-state index contributed by atoms with van der Waals surface area (Å²) in [5, 5.41) is 10.2. The number of ether oxygens (including phenoxy) is 2. The zero-order valence-electron chi connectivity index (χ0n) is 11.3. The lowest BCUT2D eigenvalue weighted by atomic mass is 10.1. The van der Waals surface area contributed by atoms with E-state index in [2.05, 4.69) is 5.32 Å². The number of nitrogen functional groups attached to an aromatic ring is 1. The third-order valence-corrected chi connectivity index (χ3v) is 3.05. The number of anilines is 1. The molecule has 2 amide bonds. The van der Waals surface area contributed by atoms with Crippen LogP contribution in [0, 0.1) is 5.41 Å². The molecule has 0 aromatic heterocycles. The van der Waals surface area contributed by atoms with E-state index in [9.17, 15) is 4.79 Å². The molecule has 0 saturated carbocycles. The van der Waals surface area contributed by atoms with Crippen molar-refractivity contribution in [1.29, 1.82) is 5.41 Å². The first-order valence-corrected chi connectivity index (χ1v) is 6.28. The summed E-state index contributed by atoms with van der Waals surface area (Å²) < 4.78 is 10.4. The molecule has 1 saturated heterocycles. The molecular formula is C13H18N4O3. The molecule has 0 unspecified atom stereocenters. The standard InChI is InChI=1S/C13H18N4O3/c1-19-11-8-9(12(14)15)2-3-10(11)16-13(18)17-4-6-20-7-5-17/h2-3,8H,4-7H2,1H3,(H3,14,15)(H,16,18). The van der Waals surface area contributed by atoms with Crippen molar-refractivity contribution in [2.75, 3.05) is 38.7 Å². The van der Waals surface area contributed by atoms with E-state index in [0.717, 1.165) is 0 Å². The minimum Gasteiger partial charge on any atom is -0.495 e. The second-order valence-corrected chi connectivity index (χ2v) is 4.36. The normalized spacial score (nSPS) is 14.8. The molecule has 1 heterocycles. The van der Waals surface area contributed by atoms with E-state index in [-0.39, 0.29) is 11.9 Å². The van der Waals surface area contributed by atoms with Crippen molar-refractivity contribution >= 4 is 17.6 Å². The maximum Gasteiger partial charge on any atom is 0.322 e. The maximum atomic E-state index is 12.1. The Morgan fingerprint density at radius 2 is 2.15 bits per heavy atom. The summed E-state index contributed by atoms with van der Waals surface area (Å²) >= 11 is 0. The van der Waals surface area contributed by atoms with Gasteiger partial charge in [0.2, 0.25) is 0 Å². The molecule has 7 nitrogen and oxygen atoms in total. The molecule has 0 bridgehead atoms. The molecule has 0 aliphatic carbocycles. The number of carbonyl (C=O) groups is 1. The lowest BCUT2D eigenvalue weighted by Gasteiger charge is -2.27. The molecule has 0 atom stereocenters. The number of nitrogens with one attached hydrogen (secondary N) is 2. The van der Waals surface area contributed by atoms with Gasteiger partial charge < -0.3 is 25.4 Å². The maximum absolute atomic E-state index is 12.1. The van der Waals surface area contributed by atoms with Gasteiger partial charge in [-0.3, -0.25) is 5.41 Å². The summed E-state index contributed by atoms with van der Waals surface area (Å²) in [4.78, 5) is 13.8. The highest BCUT2D eigenvalue weighted by Gasteiger charge is 2.18. The molecule has 1 aliphatic rings. The van der Waals surface area contributed by atoms with Crippen molar-refractivity contribution in [2.45, 2.75) is 0 Å². The van der Waals surface area contributed by atoms with Crippen molar-refractivity contribution in [2.24, 2.45) is 5.73 Å². The predicted molar refractivity (Wildman–Crippen MR) is 75.4 cm³/mol. The number of amides is 2. The van der Waals surface area contributed by atoms with Gasteiger partial charge in [-0.15, -0.1) is 0 Å². The molecule has 1 fully saturated rings. The van der Waals surface area contributed by atoms with E-state index in [4.69, 9.17) is 20.6 Å². The average Bonchev–Trinajstić information content (AvgIpc) is 2.48. The van der Waals surface area contributed by atoms with Crippen LogP contribution in [0.2, 0.25) is 0 Å². The Hall–Kier alpha value is -2.28. The average molecular weight is 278 g/mol. The van der Waals surface area contributed by atoms with E-state index in [1.54, 1.807) is 23.1 Å². The molecule has 1 aromatic carbocycles. The van der Waals surface area contributed by atoms with Gasteiger partial charge >= 0.3 is 6.03 Å². The first kappa shape index (κ1) is 14.1. The quantitative estimate of drug-likeness (QED) is 0.563. The smallest absolute Gasteiger partial charge is 0.322 e. The van der Waals surface area contributed by atoms with Gasteiger partial charge in [0.1, 0.15) is 11.6 Å². The molecule has 4 N–H and O–H groups in total. The monoisotopic (exact) mass is 278 g/mol. The first-order valence-electron chi connectivity index (χ1n) is 6.28. The molecule has 2 rings (SSSR count). The van der Waals surface area contributed by atoms with Crippen LogP contribution in [0.25, 0.3) is 0 Å². The van der Waals surface area contributed by atoms with Crippen LogP contribution < -0.4 is 15.8 Å². The Bertz CT molecular complexity index is 512. The van der Waals surface area contributed by atoms with Gasteiger partial charge in [-0.1, -0.05) is 0 Å².